The Morgan fingerprint density at radius 1 is 1.57 bits per heavy atom. The van der Waals surface area contributed by atoms with Crippen LogP contribution in [-0.2, 0) is 11.3 Å². The standard InChI is InChI=1S/C15H18N2O3S/c1-11-10-21-15(16-11)8-17-4-6-19-9-12(17)7-13(18)14-3-2-5-20-14/h2-3,5,10,12H,4,6-9H2,1H3. The van der Waals surface area contributed by atoms with Gasteiger partial charge in [0.2, 0.25) is 0 Å². The average Bonchev–Trinajstić information content (AvgIpc) is 3.13. The second-order valence-electron chi connectivity index (χ2n) is 5.19. The number of nitrogens with zero attached hydrogens (tertiary/aromatic N) is 2. The van der Waals surface area contributed by atoms with Crippen LogP contribution >= 0.6 is 11.3 Å². The molecule has 112 valence electrons. The Bertz CT molecular complexity index is 594. The van der Waals surface area contributed by atoms with Crippen molar-refractivity contribution in [2.24, 2.45) is 0 Å². The van der Waals surface area contributed by atoms with Gasteiger partial charge in [-0.15, -0.1) is 11.3 Å². The average molecular weight is 306 g/mol. The van der Waals surface area contributed by atoms with E-state index in [1.165, 1.54) is 6.26 Å². The number of aromatic nitrogens is 1. The first kappa shape index (κ1) is 14.4. The minimum atomic E-state index is 0.0239. The number of morpholine rings is 1. The molecular formula is C15H18N2O3S. The molecule has 0 aromatic carbocycles. The fourth-order valence-corrected chi connectivity index (χ4v) is 3.28. The van der Waals surface area contributed by atoms with E-state index < -0.39 is 0 Å². The third-order valence-corrected chi connectivity index (χ3v) is 4.52. The lowest BCUT2D eigenvalue weighted by Crippen LogP contribution is -2.45. The molecule has 2 aromatic rings. The molecule has 1 atom stereocenters. The first-order valence-corrected chi connectivity index (χ1v) is 7.90. The van der Waals surface area contributed by atoms with Crippen molar-refractivity contribution in [1.82, 2.24) is 9.88 Å². The van der Waals surface area contributed by atoms with Crippen molar-refractivity contribution in [3.63, 3.8) is 0 Å². The summed E-state index contributed by atoms with van der Waals surface area (Å²) in [4.78, 5) is 19.0. The van der Waals surface area contributed by atoms with Crippen molar-refractivity contribution in [3.05, 3.63) is 40.2 Å². The second kappa shape index (κ2) is 6.51. The summed E-state index contributed by atoms with van der Waals surface area (Å²) in [5, 5.41) is 3.14. The van der Waals surface area contributed by atoms with Crippen molar-refractivity contribution >= 4 is 17.1 Å². The van der Waals surface area contributed by atoms with E-state index in [0.717, 1.165) is 23.8 Å². The predicted molar refractivity (Wildman–Crippen MR) is 79.5 cm³/mol. The van der Waals surface area contributed by atoms with Gasteiger partial charge in [0.1, 0.15) is 5.01 Å². The van der Waals surface area contributed by atoms with Gasteiger partial charge < -0.3 is 9.15 Å². The molecule has 0 N–H and O–H groups in total. The number of rotatable bonds is 5. The quantitative estimate of drug-likeness (QED) is 0.795. The van der Waals surface area contributed by atoms with Crippen molar-refractivity contribution in [3.8, 4) is 0 Å². The number of carbonyl (C=O) groups excluding carboxylic acids is 1. The van der Waals surface area contributed by atoms with Crippen LogP contribution in [0.25, 0.3) is 0 Å². The maximum atomic E-state index is 12.2. The highest BCUT2D eigenvalue weighted by Gasteiger charge is 2.27. The van der Waals surface area contributed by atoms with E-state index >= 15 is 0 Å². The summed E-state index contributed by atoms with van der Waals surface area (Å²) in [6.45, 7) is 4.89. The lowest BCUT2D eigenvalue weighted by Gasteiger charge is -2.34. The zero-order valence-electron chi connectivity index (χ0n) is 11.9. The minimum absolute atomic E-state index is 0.0239. The van der Waals surface area contributed by atoms with E-state index in [2.05, 4.69) is 15.3 Å². The number of aryl methyl sites for hydroxylation is 1. The smallest absolute Gasteiger partial charge is 0.199 e. The van der Waals surface area contributed by atoms with Gasteiger partial charge in [0.25, 0.3) is 0 Å². The van der Waals surface area contributed by atoms with Crippen LogP contribution in [0, 0.1) is 6.92 Å². The molecule has 3 rings (SSSR count). The summed E-state index contributed by atoms with van der Waals surface area (Å²) >= 11 is 1.66. The Kier molecular flexibility index (Phi) is 4.48. The molecule has 1 fully saturated rings. The molecule has 1 saturated heterocycles. The van der Waals surface area contributed by atoms with Crippen molar-refractivity contribution in [2.45, 2.75) is 25.9 Å². The molecule has 1 aliphatic heterocycles. The highest BCUT2D eigenvalue weighted by Crippen LogP contribution is 2.19. The van der Waals surface area contributed by atoms with Gasteiger partial charge in [-0.2, -0.15) is 0 Å². The molecule has 6 heteroatoms. The predicted octanol–water partition coefficient (Wildman–Crippen LogP) is 2.52. The van der Waals surface area contributed by atoms with E-state index in [1.54, 1.807) is 23.5 Å². The van der Waals surface area contributed by atoms with Crippen LogP contribution in [0.15, 0.2) is 28.2 Å². The van der Waals surface area contributed by atoms with Gasteiger partial charge in [0, 0.05) is 30.1 Å². The Morgan fingerprint density at radius 3 is 3.19 bits per heavy atom. The van der Waals surface area contributed by atoms with Crippen LogP contribution in [-0.4, -0.2) is 41.5 Å². The van der Waals surface area contributed by atoms with Gasteiger partial charge in [-0.05, 0) is 19.1 Å². The van der Waals surface area contributed by atoms with Crippen LogP contribution in [0.4, 0.5) is 0 Å². The normalized spacial score (nSPS) is 19.8. The third-order valence-electron chi connectivity index (χ3n) is 3.57. The number of furan rings is 1. The van der Waals surface area contributed by atoms with E-state index in [9.17, 15) is 4.79 Å². The SMILES string of the molecule is Cc1csc(CN2CCOCC2CC(=O)c2ccco2)n1. The summed E-state index contributed by atoms with van der Waals surface area (Å²) in [5.41, 5.74) is 1.05. The van der Waals surface area contributed by atoms with Gasteiger partial charge in [-0.1, -0.05) is 0 Å². The third kappa shape index (κ3) is 3.58. The first-order chi connectivity index (χ1) is 10.2. The molecule has 1 aliphatic rings. The van der Waals surface area contributed by atoms with E-state index in [1.807, 2.05) is 6.92 Å². The molecular weight excluding hydrogens is 288 g/mol. The molecule has 1 unspecified atom stereocenters. The van der Waals surface area contributed by atoms with Crippen molar-refractivity contribution in [2.75, 3.05) is 19.8 Å². The Labute approximate surface area is 127 Å². The molecule has 0 spiro atoms. The lowest BCUT2D eigenvalue weighted by atomic mass is 10.1. The summed E-state index contributed by atoms with van der Waals surface area (Å²) in [6.07, 6.45) is 1.94. The maximum Gasteiger partial charge on any atom is 0.199 e. The summed E-state index contributed by atoms with van der Waals surface area (Å²) in [7, 11) is 0. The molecule has 0 aliphatic carbocycles. The number of hydrogen-bond donors (Lipinski definition) is 0. The minimum Gasteiger partial charge on any atom is -0.461 e. The molecule has 0 radical (unpaired) electrons. The van der Waals surface area contributed by atoms with Crippen molar-refractivity contribution < 1.29 is 13.9 Å². The molecule has 2 aromatic heterocycles. The summed E-state index contributed by atoms with van der Waals surface area (Å²) in [5.74, 6) is 0.446. The number of ketones is 1. The highest BCUT2D eigenvalue weighted by atomic mass is 32.1. The van der Waals surface area contributed by atoms with Crippen LogP contribution in [0.1, 0.15) is 27.7 Å². The molecule has 3 heterocycles. The number of carbonyl (C=O) groups is 1. The summed E-state index contributed by atoms with van der Waals surface area (Å²) in [6, 6.07) is 3.53. The van der Waals surface area contributed by atoms with Gasteiger partial charge in [-0.3, -0.25) is 9.69 Å². The maximum absolute atomic E-state index is 12.2. The fourth-order valence-electron chi connectivity index (χ4n) is 2.49. The second-order valence-corrected chi connectivity index (χ2v) is 6.13. The lowest BCUT2D eigenvalue weighted by molar-refractivity contribution is -0.0128. The number of ether oxygens (including phenoxy) is 1. The van der Waals surface area contributed by atoms with Gasteiger partial charge >= 0.3 is 0 Å². The Balaban J connectivity index is 1.65. The topological polar surface area (TPSA) is 55.6 Å². The van der Waals surface area contributed by atoms with Crippen LogP contribution < -0.4 is 0 Å². The first-order valence-electron chi connectivity index (χ1n) is 7.02. The Hall–Kier alpha value is -1.50. The summed E-state index contributed by atoms with van der Waals surface area (Å²) < 4.78 is 10.7. The van der Waals surface area contributed by atoms with Gasteiger partial charge in [0.15, 0.2) is 11.5 Å². The molecule has 0 saturated carbocycles. The highest BCUT2D eigenvalue weighted by molar-refractivity contribution is 7.09. The molecule has 0 bridgehead atoms. The largest absolute Gasteiger partial charge is 0.461 e. The van der Waals surface area contributed by atoms with E-state index in [-0.39, 0.29) is 11.8 Å². The zero-order valence-corrected chi connectivity index (χ0v) is 12.8. The van der Waals surface area contributed by atoms with E-state index in [0.29, 0.717) is 25.4 Å². The van der Waals surface area contributed by atoms with Crippen LogP contribution in [0.2, 0.25) is 0 Å². The fraction of sp³-hybridized carbons (Fsp3) is 0.467. The number of thiazole rings is 1. The number of hydrogen-bond acceptors (Lipinski definition) is 6. The zero-order chi connectivity index (χ0) is 14.7. The van der Waals surface area contributed by atoms with Crippen LogP contribution in [0.3, 0.4) is 0 Å². The van der Waals surface area contributed by atoms with Crippen molar-refractivity contribution in [1.29, 1.82) is 0 Å². The molecule has 21 heavy (non-hydrogen) atoms. The molecule has 5 nitrogen and oxygen atoms in total. The van der Waals surface area contributed by atoms with Gasteiger partial charge in [-0.25, -0.2) is 4.98 Å². The molecule has 0 amide bonds. The monoisotopic (exact) mass is 306 g/mol. The van der Waals surface area contributed by atoms with Gasteiger partial charge in [0.05, 0.1) is 26.0 Å². The van der Waals surface area contributed by atoms with Crippen LogP contribution in [0.5, 0.6) is 0 Å². The van der Waals surface area contributed by atoms with E-state index in [4.69, 9.17) is 9.15 Å². The number of Topliss-reactive ketones (excluding diaryl/α,β-unsaturated/α-hetero) is 1. The Morgan fingerprint density at radius 2 is 2.48 bits per heavy atom.